The fourth-order valence-electron chi connectivity index (χ4n) is 4.91. The highest BCUT2D eigenvalue weighted by molar-refractivity contribution is 8.44. The molecule has 44 heavy (non-hydrogen) atoms. The maximum Gasteiger partial charge on any atom is 0.383 e. The summed E-state index contributed by atoms with van der Waals surface area (Å²) < 4.78 is 57.4. The molecule has 6 rings (SSSR count). The molecule has 0 aromatic carbocycles. The van der Waals surface area contributed by atoms with Crippen molar-refractivity contribution in [2.75, 3.05) is 24.7 Å². The summed E-state index contributed by atoms with van der Waals surface area (Å²) in [6, 6.07) is 0. The van der Waals surface area contributed by atoms with Gasteiger partial charge in [0, 0.05) is 12.8 Å². The molecular weight excluding hydrogens is 687 g/mol. The zero-order valence-corrected chi connectivity index (χ0v) is 26.4. The first-order chi connectivity index (χ1) is 20.8. The molecule has 0 aliphatic carbocycles. The minimum absolute atomic E-state index is 0.0433. The van der Waals surface area contributed by atoms with E-state index in [0.717, 1.165) is 22.2 Å². The van der Waals surface area contributed by atoms with E-state index in [-0.39, 0.29) is 42.4 Å². The van der Waals surface area contributed by atoms with Crippen LogP contribution in [0.25, 0.3) is 21.5 Å². The number of hydrogen-bond donors (Lipinski definition) is 5. The Hall–Kier alpha value is -2.20. The molecule has 2 saturated heterocycles. The van der Waals surface area contributed by atoms with Gasteiger partial charge in [-0.15, -0.1) is 0 Å². The van der Waals surface area contributed by atoms with Crippen molar-refractivity contribution in [3.05, 3.63) is 28.6 Å². The van der Waals surface area contributed by atoms with Crippen molar-refractivity contribution < 1.29 is 41.8 Å². The Balaban J connectivity index is 1.17. The zero-order chi connectivity index (χ0) is 31.4. The van der Waals surface area contributed by atoms with Crippen LogP contribution in [-0.2, 0) is 39.4 Å². The molecule has 2 fully saturated rings. The van der Waals surface area contributed by atoms with E-state index < -0.39 is 61.9 Å². The maximum absolute atomic E-state index is 15.0. The normalized spacial score (nSPS) is 28.5. The van der Waals surface area contributed by atoms with E-state index in [1.807, 2.05) is 0 Å². The van der Waals surface area contributed by atoms with Crippen molar-refractivity contribution in [1.29, 1.82) is 0 Å². The molecule has 6 heterocycles. The average Bonchev–Trinajstić information content (AvgIpc) is 3.71. The van der Waals surface area contributed by atoms with Gasteiger partial charge in [-0.05, 0) is 11.8 Å². The van der Waals surface area contributed by atoms with Gasteiger partial charge in [0.1, 0.15) is 41.0 Å². The number of nitrogens with zero attached hydrogens (tertiary/aromatic N) is 7. The van der Waals surface area contributed by atoms with Gasteiger partial charge < -0.3 is 39.8 Å². The molecule has 0 amide bonds. The summed E-state index contributed by atoms with van der Waals surface area (Å²) in [5.41, 5.74) is 12.4. The lowest BCUT2D eigenvalue weighted by atomic mass is 10.2. The Morgan fingerprint density at radius 2 is 1.70 bits per heavy atom. The third-order valence-electron chi connectivity index (χ3n) is 6.74. The summed E-state index contributed by atoms with van der Waals surface area (Å²) in [5.74, 6) is 0.200. The summed E-state index contributed by atoms with van der Waals surface area (Å²) in [6.07, 6.45) is -3.05. The van der Waals surface area contributed by atoms with Crippen molar-refractivity contribution in [3.63, 3.8) is 0 Å². The first kappa shape index (κ1) is 31.8. The predicted octanol–water partition coefficient (Wildman–Crippen LogP) is 1.44. The van der Waals surface area contributed by atoms with Crippen LogP contribution in [-0.4, -0.2) is 81.5 Å². The predicted molar refractivity (Wildman–Crippen MR) is 160 cm³/mol. The highest BCUT2D eigenvalue weighted by atomic mass is 32.7. The SMILES string of the molecule is Nc1ncnc2c1ncn2[C@@H]1O[C@H](COP(O)(=S)O[C@@H]2CC(COP(=O)(O)S)O[C@H]2n2c(=O)sc3c(N)ncnc32)C[C@H]1F. The minimum Gasteiger partial charge on any atom is -0.382 e. The van der Waals surface area contributed by atoms with Crippen LogP contribution < -0.4 is 16.3 Å². The van der Waals surface area contributed by atoms with Gasteiger partial charge in [-0.2, -0.15) is 0 Å². The number of halogens is 1. The number of rotatable bonds is 10. The van der Waals surface area contributed by atoms with Crippen LogP contribution in [0.1, 0.15) is 25.3 Å². The monoisotopic (exact) mass is 711 g/mol. The second-order valence-electron chi connectivity index (χ2n) is 9.71. The van der Waals surface area contributed by atoms with E-state index in [4.69, 9.17) is 46.3 Å². The van der Waals surface area contributed by atoms with Gasteiger partial charge in [-0.1, -0.05) is 23.6 Å². The van der Waals surface area contributed by atoms with Crippen LogP contribution in [0.2, 0.25) is 0 Å². The molecule has 3 unspecified atom stereocenters. The Morgan fingerprint density at radius 1 is 1.05 bits per heavy atom. The first-order valence-electron chi connectivity index (χ1n) is 12.6. The van der Waals surface area contributed by atoms with Gasteiger partial charge in [-0.25, -0.2) is 33.9 Å². The van der Waals surface area contributed by atoms with E-state index in [9.17, 15) is 19.1 Å². The molecular formula is C20H24FN9O9P2S3. The van der Waals surface area contributed by atoms with Gasteiger partial charge in [-0.3, -0.25) is 18.5 Å². The molecule has 8 atom stereocenters. The van der Waals surface area contributed by atoms with Crippen LogP contribution in [0.3, 0.4) is 0 Å². The summed E-state index contributed by atoms with van der Waals surface area (Å²) in [6.45, 7) is -8.97. The Morgan fingerprint density at radius 3 is 2.45 bits per heavy atom. The van der Waals surface area contributed by atoms with Crippen molar-refractivity contribution in [2.45, 2.75) is 49.8 Å². The Labute approximate surface area is 260 Å². The number of nitrogen functional groups attached to an aromatic ring is 2. The fourth-order valence-corrected chi connectivity index (χ4v) is 7.79. The van der Waals surface area contributed by atoms with Crippen LogP contribution in [0.4, 0.5) is 16.0 Å². The van der Waals surface area contributed by atoms with Crippen molar-refractivity contribution >= 4 is 82.1 Å². The quantitative estimate of drug-likeness (QED) is 0.115. The van der Waals surface area contributed by atoms with Gasteiger partial charge >= 0.3 is 18.4 Å². The number of ether oxygens (including phenoxy) is 2. The molecule has 24 heteroatoms. The van der Waals surface area contributed by atoms with E-state index in [2.05, 4.69) is 37.2 Å². The number of aromatic nitrogens is 7. The zero-order valence-electron chi connectivity index (χ0n) is 22.1. The van der Waals surface area contributed by atoms with Crippen LogP contribution in [0, 0.1) is 0 Å². The lowest BCUT2D eigenvalue weighted by Crippen LogP contribution is -2.29. The van der Waals surface area contributed by atoms with Gasteiger partial charge in [0.25, 0.3) is 0 Å². The third-order valence-corrected chi connectivity index (χ3v) is 10.1. The topological polar surface area (TPSA) is 247 Å². The van der Waals surface area contributed by atoms with Crippen LogP contribution in [0.5, 0.6) is 0 Å². The fraction of sp³-hybridized carbons (Fsp3) is 0.500. The standard InChI is InChI=1S/C20H24FN9O9P2S3/c21-10-1-8(37-18(10)29-7-28-12-14(22)24-5-26-16(12)29)4-36-41(34,43)39-11-2-9(3-35-40(32,33)42)38-19(11)30-17-13(44-20(30)31)15(23)25-6-27-17/h5-11,18-19H,1-4H2,(H,34,43)(H2,22,24,26)(H2,23,25,27)(H2,32,33,42)/t8-,9?,10+,11+,18+,19+,41?/m0/s1. The Bertz CT molecular complexity index is 1860. The molecule has 18 nitrogen and oxygen atoms in total. The maximum atomic E-state index is 15.0. The molecule has 0 radical (unpaired) electrons. The number of hydrogen-bond acceptors (Lipinski definition) is 16. The largest absolute Gasteiger partial charge is 0.383 e. The highest BCUT2D eigenvalue weighted by Crippen LogP contribution is 2.52. The summed E-state index contributed by atoms with van der Waals surface area (Å²) in [4.78, 5) is 53.0. The Kier molecular flexibility index (Phi) is 8.80. The number of thiazole rings is 1. The van der Waals surface area contributed by atoms with Gasteiger partial charge in [0.05, 0.1) is 31.7 Å². The number of anilines is 2. The molecule has 2 aliphatic heterocycles. The first-order valence-corrected chi connectivity index (χ1v) is 18.8. The molecule has 4 aromatic heterocycles. The third kappa shape index (κ3) is 6.53. The molecule has 238 valence electrons. The minimum atomic E-state index is -4.16. The van der Waals surface area contributed by atoms with E-state index in [0.29, 0.717) is 10.2 Å². The molecule has 6 N–H and O–H groups in total. The molecule has 0 spiro atoms. The number of imidazole rings is 1. The van der Waals surface area contributed by atoms with Gasteiger partial charge in [0.2, 0.25) is 0 Å². The van der Waals surface area contributed by atoms with Gasteiger partial charge in [0.15, 0.2) is 29.6 Å². The highest BCUT2D eigenvalue weighted by Gasteiger charge is 2.44. The summed E-state index contributed by atoms with van der Waals surface area (Å²) in [7, 11) is 0. The second-order valence-corrected chi connectivity index (χ2v) is 16.2. The number of thiol groups is 1. The van der Waals surface area contributed by atoms with E-state index >= 15 is 4.39 Å². The smallest absolute Gasteiger partial charge is 0.382 e. The number of alkyl halides is 1. The molecule has 0 bridgehead atoms. The van der Waals surface area contributed by atoms with Crippen LogP contribution >= 0.6 is 37.1 Å². The van der Waals surface area contributed by atoms with E-state index in [1.165, 1.54) is 17.2 Å². The van der Waals surface area contributed by atoms with E-state index in [1.54, 1.807) is 0 Å². The van der Waals surface area contributed by atoms with Crippen molar-refractivity contribution in [3.8, 4) is 0 Å². The summed E-state index contributed by atoms with van der Waals surface area (Å²) >= 11 is 9.50. The number of fused-ring (bicyclic) bond motifs is 2. The lowest BCUT2D eigenvalue weighted by Gasteiger charge is -2.25. The molecule has 4 aromatic rings. The van der Waals surface area contributed by atoms with Crippen molar-refractivity contribution in [1.82, 2.24) is 34.1 Å². The number of nitrogens with two attached hydrogens (primary N) is 2. The summed E-state index contributed by atoms with van der Waals surface area (Å²) in [5, 5.41) is 0. The lowest BCUT2D eigenvalue weighted by molar-refractivity contribution is -0.0498. The molecule has 2 aliphatic rings. The van der Waals surface area contributed by atoms with Crippen LogP contribution in [0.15, 0.2) is 23.8 Å². The van der Waals surface area contributed by atoms with Crippen molar-refractivity contribution in [2.24, 2.45) is 0 Å². The average molecular weight is 712 g/mol. The second kappa shape index (κ2) is 12.2. The molecule has 0 saturated carbocycles.